The molecule has 8 nitrogen and oxygen atoms in total. The number of hydrogen-bond acceptors (Lipinski definition) is 4. The molecular formula is C30H33N2O6S+. The van der Waals surface area contributed by atoms with Gasteiger partial charge < -0.3 is 14.4 Å². The Morgan fingerprint density at radius 2 is 1.87 bits per heavy atom. The zero-order chi connectivity index (χ0) is 27.1. The highest BCUT2D eigenvalue weighted by Gasteiger charge is 2.63. The normalized spacial score (nSPS) is 25.5. The Morgan fingerprint density at radius 1 is 1.10 bits per heavy atom. The second-order valence-corrected chi connectivity index (χ2v) is 13.8. The van der Waals surface area contributed by atoms with E-state index in [1.807, 2.05) is 18.2 Å². The number of rotatable bonds is 6. The van der Waals surface area contributed by atoms with E-state index < -0.39 is 27.3 Å². The van der Waals surface area contributed by atoms with Crippen molar-refractivity contribution in [2.75, 3.05) is 7.11 Å². The highest BCUT2D eigenvalue weighted by Crippen LogP contribution is 2.65. The van der Waals surface area contributed by atoms with Gasteiger partial charge >= 0.3 is 16.0 Å². The summed E-state index contributed by atoms with van der Waals surface area (Å²) in [5.74, 6) is -0.451. The Bertz CT molecular complexity index is 1650. The molecule has 0 spiro atoms. The molecule has 3 unspecified atom stereocenters. The third kappa shape index (κ3) is 3.80. The molecule has 2 aromatic carbocycles. The minimum absolute atomic E-state index is 0.113. The van der Waals surface area contributed by atoms with Crippen LogP contribution in [0.5, 0.6) is 5.75 Å². The van der Waals surface area contributed by atoms with Crippen LogP contribution in [-0.2, 0) is 21.4 Å². The van der Waals surface area contributed by atoms with Gasteiger partial charge in [-0.25, -0.2) is 8.93 Å². The van der Waals surface area contributed by atoms with E-state index >= 15 is 0 Å². The quantitative estimate of drug-likeness (QED) is 0.404. The zero-order valence-electron chi connectivity index (χ0n) is 21.9. The summed E-state index contributed by atoms with van der Waals surface area (Å²) in [5, 5.41) is 11.1. The number of nitrogens with zero attached hydrogens (tertiary/aromatic N) is 1. The first-order valence-electron chi connectivity index (χ1n) is 13.9. The number of carbonyl (C=O) groups is 2. The van der Waals surface area contributed by atoms with Crippen LogP contribution in [0.1, 0.15) is 84.7 Å². The van der Waals surface area contributed by atoms with Crippen LogP contribution in [0.3, 0.4) is 0 Å². The Morgan fingerprint density at radius 3 is 2.56 bits per heavy atom. The van der Waals surface area contributed by atoms with Crippen molar-refractivity contribution in [2.45, 2.75) is 75.0 Å². The van der Waals surface area contributed by atoms with Crippen LogP contribution in [-0.4, -0.2) is 42.3 Å². The van der Waals surface area contributed by atoms with Crippen LogP contribution >= 0.6 is 0 Å². The molecule has 4 aliphatic rings. The van der Waals surface area contributed by atoms with Gasteiger partial charge in [-0.2, -0.15) is 4.21 Å². The number of methoxy groups -OCH3 is 1. The van der Waals surface area contributed by atoms with E-state index in [4.69, 9.17) is 4.74 Å². The van der Waals surface area contributed by atoms with Gasteiger partial charge in [-0.3, -0.25) is 9.59 Å². The molecule has 1 aromatic heterocycles. The summed E-state index contributed by atoms with van der Waals surface area (Å²) in [6.07, 6.45) is 7.48. The summed E-state index contributed by atoms with van der Waals surface area (Å²) in [7, 11) is -1.81. The fraction of sp³-hybridized carbons (Fsp3) is 0.467. The number of aromatic nitrogens is 1. The first-order valence-corrected chi connectivity index (χ1v) is 15.5. The Labute approximate surface area is 227 Å². The lowest BCUT2D eigenvalue weighted by atomic mass is 9.81. The van der Waals surface area contributed by atoms with Crippen LogP contribution < -0.4 is 9.46 Å². The van der Waals surface area contributed by atoms with Crippen molar-refractivity contribution < 1.29 is 27.9 Å². The predicted octanol–water partition coefficient (Wildman–Crippen LogP) is 5.32. The Balaban J connectivity index is 1.45. The lowest BCUT2D eigenvalue weighted by molar-refractivity contribution is -0.144. The van der Waals surface area contributed by atoms with Gasteiger partial charge in [0, 0.05) is 34.5 Å². The molecule has 3 saturated carbocycles. The molecule has 3 atom stereocenters. The number of amides is 1. The van der Waals surface area contributed by atoms with E-state index in [1.54, 1.807) is 19.2 Å². The molecule has 3 aromatic rings. The zero-order valence-corrected chi connectivity index (χ0v) is 22.8. The minimum atomic E-state index is -3.44. The standard InChI is InChI=1S/C30H32N2O6S/c1-38-19-8-12-21-23(14-19)24-15-30(24,29(34)35)16-32-25-13-18(28(33)31-39(36,37)20-9-10-20)7-11-22(25)26(27(21)32)17-5-3-2-4-6-17/h7-8,11-14,17,20,24H,2-6,9-10,15-16H2,1H3,(H,34,35)(H,31,33,36,37)/p+1. The highest BCUT2D eigenvalue weighted by molar-refractivity contribution is 7.91. The van der Waals surface area contributed by atoms with Crippen molar-refractivity contribution >= 4 is 32.8 Å². The average Bonchev–Trinajstić information content (AvgIpc) is 3.84. The van der Waals surface area contributed by atoms with Crippen LogP contribution in [0.15, 0.2) is 36.4 Å². The summed E-state index contributed by atoms with van der Waals surface area (Å²) >= 11 is 0. The van der Waals surface area contributed by atoms with Crippen molar-refractivity contribution in [1.82, 2.24) is 9.29 Å². The number of fused-ring (bicyclic) bond motifs is 7. The summed E-state index contributed by atoms with van der Waals surface area (Å²) in [6, 6.07) is 11.5. The van der Waals surface area contributed by atoms with Crippen LogP contribution in [0.4, 0.5) is 0 Å². The molecule has 1 amide bonds. The number of aliphatic carboxylic acids is 1. The van der Waals surface area contributed by atoms with E-state index in [-0.39, 0.29) is 11.2 Å². The fourth-order valence-electron chi connectivity index (χ4n) is 7.08. The molecule has 39 heavy (non-hydrogen) atoms. The molecule has 3 fully saturated rings. The van der Waals surface area contributed by atoms with E-state index in [9.17, 15) is 23.1 Å². The molecule has 0 radical (unpaired) electrons. The molecule has 0 saturated heterocycles. The predicted molar refractivity (Wildman–Crippen MR) is 148 cm³/mol. The van der Waals surface area contributed by atoms with Crippen molar-refractivity contribution in [2.24, 2.45) is 5.41 Å². The second-order valence-electron chi connectivity index (χ2n) is 11.8. The molecule has 0 bridgehead atoms. The summed E-state index contributed by atoms with van der Waals surface area (Å²) in [6.45, 7) is 0.312. The largest absolute Gasteiger partial charge is 0.497 e. The van der Waals surface area contributed by atoms with Gasteiger partial charge in [-0.15, -0.1) is 0 Å². The Hall–Kier alpha value is -3.33. The number of benzene rings is 2. The van der Waals surface area contributed by atoms with Crippen molar-refractivity contribution in [1.29, 1.82) is 0 Å². The molecule has 7 rings (SSSR count). The lowest BCUT2D eigenvalue weighted by Crippen LogP contribution is -2.33. The topological polar surface area (TPSA) is 119 Å². The maximum atomic E-state index is 13.1. The third-order valence-electron chi connectivity index (χ3n) is 9.43. The van der Waals surface area contributed by atoms with E-state index in [0.29, 0.717) is 43.0 Å². The van der Waals surface area contributed by atoms with Crippen LogP contribution in [0.25, 0.3) is 22.2 Å². The molecule has 3 N–H and O–H groups in total. The SMILES string of the molecule is COc1ccc2c(c1)C1CC1(C(=O)O)Cn1c-2c(C2CCCCC2)c2ccc(C(=O)NS(=O)(=[OH+])C3CC3)cc21. The molecular weight excluding hydrogens is 516 g/mol. The monoisotopic (exact) mass is 549 g/mol. The summed E-state index contributed by atoms with van der Waals surface area (Å²) < 4.78 is 32.9. The molecule has 204 valence electrons. The molecule has 3 aliphatic carbocycles. The maximum absolute atomic E-state index is 13.1. The van der Waals surface area contributed by atoms with Crippen molar-refractivity contribution in [3.8, 4) is 17.0 Å². The number of nitrogens with one attached hydrogen (secondary N) is 1. The minimum Gasteiger partial charge on any atom is -0.497 e. The van der Waals surface area contributed by atoms with Gasteiger partial charge in [0.2, 0.25) is 0 Å². The molecule has 9 heteroatoms. The number of hydrogen-bond donors (Lipinski definition) is 2. The number of carboxylic acids is 1. The average molecular weight is 550 g/mol. The first-order chi connectivity index (χ1) is 18.7. The number of ether oxygens (including phenoxy) is 1. The van der Waals surface area contributed by atoms with Crippen molar-refractivity contribution in [3.05, 3.63) is 53.1 Å². The van der Waals surface area contributed by atoms with Crippen molar-refractivity contribution in [3.63, 3.8) is 0 Å². The third-order valence-corrected chi connectivity index (χ3v) is 11.3. The van der Waals surface area contributed by atoms with Gasteiger partial charge in [-0.05, 0) is 79.5 Å². The van der Waals surface area contributed by atoms with E-state index in [0.717, 1.165) is 53.4 Å². The van der Waals surface area contributed by atoms with E-state index in [2.05, 4.69) is 15.4 Å². The number of carbonyl (C=O) groups excluding carboxylic acids is 1. The summed E-state index contributed by atoms with van der Waals surface area (Å²) in [4.78, 5) is 25.8. The molecule has 1 aliphatic heterocycles. The van der Waals surface area contributed by atoms with Crippen LogP contribution in [0, 0.1) is 5.41 Å². The molecule has 2 heterocycles. The van der Waals surface area contributed by atoms with Crippen LogP contribution in [0.2, 0.25) is 0 Å². The fourth-order valence-corrected chi connectivity index (χ4v) is 8.41. The summed E-state index contributed by atoms with van der Waals surface area (Å²) in [5.41, 5.74) is 4.51. The smallest absolute Gasteiger partial charge is 0.371 e. The maximum Gasteiger partial charge on any atom is 0.371 e. The van der Waals surface area contributed by atoms with Gasteiger partial charge in [0.05, 0.1) is 18.2 Å². The Kier molecular flexibility index (Phi) is 5.43. The van der Waals surface area contributed by atoms with Gasteiger partial charge in [0.1, 0.15) is 11.0 Å². The van der Waals surface area contributed by atoms with Gasteiger partial charge in [0.15, 0.2) is 0 Å². The second kappa shape index (κ2) is 8.58. The van der Waals surface area contributed by atoms with Gasteiger partial charge in [-0.1, -0.05) is 25.3 Å². The first kappa shape index (κ1) is 24.7. The lowest BCUT2D eigenvalue weighted by Gasteiger charge is -2.24. The van der Waals surface area contributed by atoms with Gasteiger partial charge in [0.25, 0.3) is 5.91 Å². The van der Waals surface area contributed by atoms with E-state index in [1.165, 1.54) is 12.0 Å². The number of carboxylic acid groups (broad SMARTS) is 1. The highest BCUT2D eigenvalue weighted by atomic mass is 32.2.